The molecule has 0 aliphatic rings. The smallest absolute Gasteiger partial charge is 0.0924 e. The second-order valence-corrected chi connectivity index (χ2v) is 4.28. The average molecular weight is 235 g/mol. The first-order valence-corrected chi connectivity index (χ1v) is 5.96. The topological polar surface area (TPSA) is 38.7 Å². The van der Waals surface area contributed by atoms with Gasteiger partial charge in [0.15, 0.2) is 0 Å². The maximum Gasteiger partial charge on any atom is 0.0924 e. The van der Waals surface area contributed by atoms with Gasteiger partial charge in [-0.2, -0.15) is 0 Å². The van der Waals surface area contributed by atoms with E-state index in [0.717, 1.165) is 11.0 Å². The molecule has 3 nitrogen and oxygen atoms in total. The van der Waals surface area contributed by atoms with Crippen LogP contribution in [0, 0.1) is 0 Å². The molecule has 0 spiro atoms. The molecule has 2 aromatic heterocycles. The summed E-state index contributed by atoms with van der Waals surface area (Å²) in [5.41, 5.74) is 4.28. The molecule has 0 bridgehead atoms. The van der Waals surface area contributed by atoms with Gasteiger partial charge < -0.3 is 0 Å². The van der Waals surface area contributed by atoms with Gasteiger partial charge >= 0.3 is 0 Å². The Kier molecular flexibility index (Phi) is 2.73. The molecular formula is C15H13N3. The van der Waals surface area contributed by atoms with E-state index in [9.17, 15) is 0 Å². The van der Waals surface area contributed by atoms with Crippen LogP contribution < -0.4 is 0 Å². The van der Waals surface area contributed by atoms with Crippen molar-refractivity contribution in [1.29, 1.82) is 0 Å². The van der Waals surface area contributed by atoms with Crippen molar-refractivity contribution < 1.29 is 0 Å². The average Bonchev–Trinajstić information content (AvgIpc) is 2.47. The first-order chi connectivity index (χ1) is 8.86. The lowest BCUT2D eigenvalue weighted by Crippen LogP contribution is -1.99. The molecule has 0 fully saturated rings. The second kappa shape index (κ2) is 4.53. The summed E-state index contributed by atoms with van der Waals surface area (Å²) in [5, 5.41) is 0. The Hall–Kier alpha value is -2.29. The minimum absolute atomic E-state index is 0.263. The normalized spacial score (nSPS) is 12.5. The fourth-order valence-electron chi connectivity index (χ4n) is 2.18. The summed E-state index contributed by atoms with van der Waals surface area (Å²) < 4.78 is 0. The Morgan fingerprint density at radius 2 is 1.83 bits per heavy atom. The van der Waals surface area contributed by atoms with Crippen LogP contribution in [0.4, 0.5) is 0 Å². The molecule has 0 aliphatic carbocycles. The monoisotopic (exact) mass is 235 g/mol. The molecule has 1 unspecified atom stereocenters. The molecule has 88 valence electrons. The van der Waals surface area contributed by atoms with Gasteiger partial charge in [0.25, 0.3) is 0 Å². The lowest BCUT2D eigenvalue weighted by atomic mass is 9.93. The molecular weight excluding hydrogens is 222 g/mol. The molecule has 0 saturated heterocycles. The van der Waals surface area contributed by atoms with Crippen LogP contribution in [0.2, 0.25) is 0 Å². The molecule has 1 aromatic carbocycles. The van der Waals surface area contributed by atoms with E-state index >= 15 is 0 Å². The predicted octanol–water partition coefficient (Wildman–Crippen LogP) is 3.18. The summed E-state index contributed by atoms with van der Waals surface area (Å²) in [4.78, 5) is 13.0. The predicted molar refractivity (Wildman–Crippen MR) is 71.3 cm³/mol. The lowest BCUT2D eigenvalue weighted by molar-refractivity contribution is 0.916. The van der Waals surface area contributed by atoms with Crippen molar-refractivity contribution in [3.63, 3.8) is 0 Å². The van der Waals surface area contributed by atoms with Gasteiger partial charge in [-0.3, -0.25) is 15.0 Å². The number of fused-ring (bicyclic) bond motifs is 1. The van der Waals surface area contributed by atoms with E-state index < -0.39 is 0 Å². The minimum Gasteiger partial charge on any atom is -0.264 e. The van der Waals surface area contributed by atoms with Gasteiger partial charge in [-0.05, 0) is 23.3 Å². The Bertz CT molecular complexity index is 659. The van der Waals surface area contributed by atoms with E-state index in [1.807, 2.05) is 24.4 Å². The minimum atomic E-state index is 0.263. The van der Waals surface area contributed by atoms with Crippen LogP contribution in [0.25, 0.3) is 11.0 Å². The number of nitrogens with zero attached hydrogens (tertiary/aromatic N) is 3. The van der Waals surface area contributed by atoms with Crippen LogP contribution in [0.1, 0.15) is 24.0 Å². The van der Waals surface area contributed by atoms with Crippen molar-refractivity contribution in [2.45, 2.75) is 12.8 Å². The van der Waals surface area contributed by atoms with E-state index in [4.69, 9.17) is 0 Å². The quantitative estimate of drug-likeness (QED) is 0.684. The Labute approximate surface area is 106 Å². The molecule has 2 heterocycles. The van der Waals surface area contributed by atoms with E-state index in [1.54, 1.807) is 18.6 Å². The van der Waals surface area contributed by atoms with Gasteiger partial charge in [0.05, 0.1) is 11.0 Å². The summed E-state index contributed by atoms with van der Waals surface area (Å²) in [5.74, 6) is 0.263. The van der Waals surface area contributed by atoms with Crippen LogP contribution in [-0.2, 0) is 0 Å². The highest BCUT2D eigenvalue weighted by atomic mass is 14.8. The molecule has 1 atom stereocenters. The van der Waals surface area contributed by atoms with Crippen LogP contribution in [0.15, 0.2) is 55.1 Å². The van der Waals surface area contributed by atoms with Gasteiger partial charge in [-0.1, -0.05) is 25.1 Å². The third kappa shape index (κ3) is 1.84. The summed E-state index contributed by atoms with van der Waals surface area (Å²) in [6.07, 6.45) is 7.15. The van der Waals surface area contributed by atoms with E-state index in [0.29, 0.717) is 0 Å². The largest absolute Gasteiger partial charge is 0.264 e. The third-order valence-corrected chi connectivity index (χ3v) is 3.18. The fourth-order valence-corrected chi connectivity index (χ4v) is 2.18. The van der Waals surface area contributed by atoms with E-state index in [1.165, 1.54) is 11.1 Å². The van der Waals surface area contributed by atoms with Gasteiger partial charge in [-0.25, -0.2) is 0 Å². The standard InChI is InChI=1S/C15H13N3/c1-11(12-4-3-7-16-10-12)13-5-2-6-14-15(13)18-9-8-17-14/h2-11H,1H3. The molecule has 0 amide bonds. The third-order valence-electron chi connectivity index (χ3n) is 3.18. The van der Waals surface area contributed by atoms with E-state index in [2.05, 4.69) is 34.0 Å². The summed E-state index contributed by atoms with van der Waals surface area (Å²) in [6.45, 7) is 2.17. The Balaban J connectivity index is 2.15. The maximum absolute atomic E-state index is 4.44. The number of benzene rings is 1. The number of hydrogen-bond donors (Lipinski definition) is 0. The van der Waals surface area contributed by atoms with Gasteiger partial charge in [0.1, 0.15) is 0 Å². The fraction of sp³-hybridized carbons (Fsp3) is 0.133. The summed E-state index contributed by atoms with van der Waals surface area (Å²) in [6, 6.07) is 10.2. The number of rotatable bonds is 2. The van der Waals surface area contributed by atoms with Crippen molar-refractivity contribution in [3.8, 4) is 0 Å². The number of aromatic nitrogens is 3. The number of pyridine rings is 1. The van der Waals surface area contributed by atoms with Gasteiger partial charge in [0, 0.05) is 30.7 Å². The van der Waals surface area contributed by atoms with Crippen molar-refractivity contribution in [1.82, 2.24) is 15.0 Å². The highest BCUT2D eigenvalue weighted by molar-refractivity contribution is 5.78. The van der Waals surface area contributed by atoms with Crippen LogP contribution in [-0.4, -0.2) is 15.0 Å². The number of para-hydroxylation sites is 1. The summed E-state index contributed by atoms with van der Waals surface area (Å²) in [7, 11) is 0. The lowest BCUT2D eigenvalue weighted by Gasteiger charge is -2.13. The number of hydrogen-bond acceptors (Lipinski definition) is 3. The molecule has 3 aromatic rings. The zero-order valence-electron chi connectivity index (χ0n) is 10.1. The Morgan fingerprint density at radius 3 is 2.67 bits per heavy atom. The van der Waals surface area contributed by atoms with E-state index in [-0.39, 0.29) is 5.92 Å². The summed E-state index contributed by atoms with van der Waals surface area (Å²) >= 11 is 0. The zero-order chi connectivity index (χ0) is 12.4. The molecule has 0 N–H and O–H groups in total. The van der Waals surface area contributed by atoms with Crippen molar-refractivity contribution in [2.24, 2.45) is 0 Å². The van der Waals surface area contributed by atoms with Crippen molar-refractivity contribution in [2.75, 3.05) is 0 Å². The van der Waals surface area contributed by atoms with Crippen LogP contribution in [0.5, 0.6) is 0 Å². The molecule has 0 aliphatic heterocycles. The molecule has 0 radical (unpaired) electrons. The highest BCUT2D eigenvalue weighted by Gasteiger charge is 2.12. The van der Waals surface area contributed by atoms with Gasteiger partial charge in [0.2, 0.25) is 0 Å². The molecule has 18 heavy (non-hydrogen) atoms. The van der Waals surface area contributed by atoms with Crippen molar-refractivity contribution in [3.05, 3.63) is 66.2 Å². The zero-order valence-corrected chi connectivity index (χ0v) is 10.1. The first-order valence-electron chi connectivity index (χ1n) is 5.96. The molecule has 3 heteroatoms. The van der Waals surface area contributed by atoms with Crippen LogP contribution >= 0.6 is 0 Å². The van der Waals surface area contributed by atoms with Crippen molar-refractivity contribution >= 4 is 11.0 Å². The highest BCUT2D eigenvalue weighted by Crippen LogP contribution is 2.27. The second-order valence-electron chi connectivity index (χ2n) is 4.28. The maximum atomic E-state index is 4.44. The van der Waals surface area contributed by atoms with Gasteiger partial charge in [-0.15, -0.1) is 0 Å². The van der Waals surface area contributed by atoms with Crippen LogP contribution in [0.3, 0.4) is 0 Å². The molecule has 0 saturated carbocycles. The SMILES string of the molecule is CC(c1cccnc1)c1cccc2nccnc12. The molecule has 3 rings (SSSR count). The Morgan fingerprint density at radius 1 is 0.944 bits per heavy atom. The first kappa shape index (κ1) is 10.8.